The molecule has 0 saturated carbocycles. The maximum absolute atomic E-state index is 4.58. The van der Waals surface area contributed by atoms with Crippen LogP contribution in [0.4, 0.5) is 10.1 Å². The molecule has 1 atom stereocenters. The van der Waals surface area contributed by atoms with E-state index >= 15 is 0 Å². The Morgan fingerprint density at radius 1 is 1.64 bits per heavy atom. The van der Waals surface area contributed by atoms with Gasteiger partial charge in [-0.25, -0.2) is 4.98 Å². The van der Waals surface area contributed by atoms with E-state index in [1.165, 1.54) is 17.1 Å². The molecule has 2 heterocycles. The van der Waals surface area contributed by atoms with Crippen LogP contribution in [0.1, 0.15) is 32.4 Å². The van der Waals surface area contributed by atoms with Crippen molar-refractivity contribution in [3.8, 4) is 0 Å². The highest BCUT2D eigenvalue weighted by Gasteiger charge is 2.14. The van der Waals surface area contributed by atoms with E-state index < -0.39 is 0 Å². The minimum atomic E-state index is 0.516. The Morgan fingerprint density at radius 2 is 2.50 bits per heavy atom. The fourth-order valence-corrected chi connectivity index (χ4v) is 2.54. The summed E-state index contributed by atoms with van der Waals surface area (Å²) in [5.74, 6) is 0. The van der Waals surface area contributed by atoms with Crippen LogP contribution in [0.3, 0.4) is 0 Å². The van der Waals surface area contributed by atoms with Crippen molar-refractivity contribution >= 4 is 21.5 Å². The predicted octanol–water partition coefficient (Wildman–Crippen LogP) is 2.71. The Bertz CT molecular complexity index is 285. The molecular weight excluding hydrogens is 194 g/mol. The molecule has 2 N–H and O–H groups in total. The first-order chi connectivity index (χ1) is 6.79. The first-order valence-electron chi connectivity index (χ1n) is 5.29. The summed E-state index contributed by atoms with van der Waals surface area (Å²) < 4.78 is 0. The molecule has 0 aromatic carbocycles. The van der Waals surface area contributed by atoms with Crippen LogP contribution in [-0.4, -0.2) is 17.6 Å². The molecule has 1 aliphatic rings. The van der Waals surface area contributed by atoms with E-state index in [4.69, 9.17) is 0 Å². The van der Waals surface area contributed by atoms with Crippen molar-refractivity contribution in [2.45, 2.75) is 39.2 Å². The fourth-order valence-electron chi connectivity index (χ4n) is 1.49. The van der Waals surface area contributed by atoms with Gasteiger partial charge >= 0.3 is 0 Å². The average molecular weight is 211 g/mol. The third kappa shape index (κ3) is 2.00. The monoisotopic (exact) mass is 211 g/mol. The maximum atomic E-state index is 4.58. The molecule has 0 bridgehead atoms. The number of aryl methyl sites for hydroxylation is 1. The molecule has 14 heavy (non-hydrogen) atoms. The first kappa shape index (κ1) is 9.77. The van der Waals surface area contributed by atoms with Gasteiger partial charge < -0.3 is 10.6 Å². The number of hydrogen-bond acceptors (Lipinski definition) is 4. The zero-order chi connectivity index (χ0) is 9.97. The summed E-state index contributed by atoms with van der Waals surface area (Å²) in [4.78, 5) is 4.58. The van der Waals surface area contributed by atoms with Crippen molar-refractivity contribution in [2.75, 3.05) is 17.2 Å². The number of nitrogens with one attached hydrogen (secondary N) is 2. The van der Waals surface area contributed by atoms with Crippen LogP contribution in [0.5, 0.6) is 0 Å². The second-order valence-corrected chi connectivity index (χ2v) is 4.78. The highest BCUT2D eigenvalue weighted by molar-refractivity contribution is 7.19. The third-order valence-corrected chi connectivity index (χ3v) is 3.54. The Labute approximate surface area is 88.9 Å². The number of aromatic nitrogens is 1. The van der Waals surface area contributed by atoms with Gasteiger partial charge in [0.15, 0.2) is 5.13 Å². The number of thiazole rings is 1. The standard InChI is InChI=1S/C10H17N3S/c1-3-7(2)12-10-13-8-5-4-6-11-9(8)14-10/h7,11H,3-6H2,1-2H3,(H,12,13)/t7-/m1/s1. The Morgan fingerprint density at radius 3 is 3.21 bits per heavy atom. The van der Waals surface area contributed by atoms with Crippen molar-refractivity contribution in [2.24, 2.45) is 0 Å². The molecule has 3 nitrogen and oxygen atoms in total. The lowest BCUT2D eigenvalue weighted by Crippen LogP contribution is -2.13. The van der Waals surface area contributed by atoms with Gasteiger partial charge in [-0.05, 0) is 26.2 Å². The van der Waals surface area contributed by atoms with E-state index in [1.54, 1.807) is 11.3 Å². The van der Waals surface area contributed by atoms with Crippen LogP contribution < -0.4 is 10.6 Å². The smallest absolute Gasteiger partial charge is 0.185 e. The van der Waals surface area contributed by atoms with E-state index in [9.17, 15) is 0 Å². The lowest BCUT2D eigenvalue weighted by atomic mass is 10.2. The van der Waals surface area contributed by atoms with Crippen molar-refractivity contribution < 1.29 is 0 Å². The van der Waals surface area contributed by atoms with Gasteiger partial charge in [0.25, 0.3) is 0 Å². The van der Waals surface area contributed by atoms with E-state index in [0.29, 0.717) is 6.04 Å². The predicted molar refractivity (Wildman–Crippen MR) is 62.3 cm³/mol. The maximum Gasteiger partial charge on any atom is 0.185 e. The molecule has 1 aromatic rings. The van der Waals surface area contributed by atoms with Gasteiger partial charge in [0.05, 0.1) is 5.69 Å². The van der Waals surface area contributed by atoms with Gasteiger partial charge in [0.1, 0.15) is 5.00 Å². The number of rotatable bonds is 3. The molecule has 1 aliphatic heterocycles. The highest BCUT2D eigenvalue weighted by atomic mass is 32.1. The molecule has 78 valence electrons. The lowest BCUT2D eigenvalue weighted by Gasteiger charge is -2.10. The Hall–Kier alpha value is -0.770. The van der Waals surface area contributed by atoms with Crippen LogP contribution in [0.2, 0.25) is 0 Å². The summed E-state index contributed by atoms with van der Waals surface area (Å²) in [6.07, 6.45) is 3.47. The van der Waals surface area contributed by atoms with Gasteiger partial charge in [-0.3, -0.25) is 0 Å². The quantitative estimate of drug-likeness (QED) is 0.807. The molecular formula is C10H17N3S. The normalized spacial score (nSPS) is 17.0. The van der Waals surface area contributed by atoms with Crippen LogP contribution >= 0.6 is 11.3 Å². The molecule has 0 spiro atoms. The summed E-state index contributed by atoms with van der Waals surface area (Å²) >= 11 is 1.75. The molecule has 1 aromatic heterocycles. The minimum absolute atomic E-state index is 0.516. The lowest BCUT2D eigenvalue weighted by molar-refractivity contribution is 0.759. The van der Waals surface area contributed by atoms with Crippen LogP contribution in [-0.2, 0) is 6.42 Å². The minimum Gasteiger partial charge on any atom is -0.375 e. The summed E-state index contributed by atoms with van der Waals surface area (Å²) in [6.45, 7) is 5.47. The summed E-state index contributed by atoms with van der Waals surface area (Å²) in [6, 6.07) is 0.516. The fraction of sp³-hybridized carbons (Fsp3) is 0.700. The van der Waals surface area contributed by atoms with Gasteiger partial charge in [-0.2, -0.15) is 0 Å². The van der Waals surface area contributed by atoms with E-state index in [2.05, 4.69) is 29.5 Å². The SMILES string of the molecule is CC[C@@H](C)Nc1nc2c(s1)NCCC2. The van der Waals surface area contributed by atoms with Crippen LogP contribution in [0, 0.1) is 0 Å². The van der Waals surface area contributed by atoms with Gasteiger partial charge in [-0.1, -0.05) is 18.3 Å². The number of fused-ring (bicyclic) bond motifs is 1. The first-order valence-corrected chi connectivity index (χ1v) is 6.11. The topological polar surface area (TPSA) is 37.0 Å². The largest absolute Gasteiger partial charge is 0.375 e. The van der Waals surface area contributed by atoms with Crippen molar-refractivity contribution in [3.63, 3.8) is 0 Å². The number of anilines is 2. The van der Waals surface area contributed by atoms with E-state index in [1.807, 2.05) is 0 Å². The summed E-state index contributed by atoms with van der Waals surface area (Å²) in [5, 5.41) is 9.14. The van der Waals surface area contributed by atoms with Gasteiger partial charge in [0.2, 0.25) is 0 Å². The van der Waals surface area contributed by atoms with Crippen molar-refractivity contribution in [3.05, 3.63) is 5.69 Å². The second kappa shape index (κ2) is 4.17. The highest BCUT2D eigenvalue weighted by Crippen LogP contribution is 2.31. The van der Waals surface area contributed by atoms with Gasteiger partial charge in [0, 0.05) is 12.6 Å². The summed E-state index contributed by atoms with van der Waals surface area (Å²) in [7, 11) is 0. The van der Waals surface area contributed by atoms with Crippen LogP contribution in [0.25, 0.3) is 0 Å². The van der Waals surface area contributed by atoms with Crippen molar-refractivity contribution in [1.29, 1.82) is 0 Å². The molecule has 0 aliphatic carbocycles. The average Bonchev–Trinajstić information content (AvgIpc) is 2.59. The number of nitrogens with zero attached hydrogens (tertiary/aromatic N) is 1. The molecule has 0 unspecified atom stereocenters. The second-order valence-electron chi connectivity index (χ2n) is 3.78. The third-order valence-electron chi connectivity index (χ3n) is 2.56. The molecule has 0 amide bonds. The molecule has 0 fully saturated rings. The van der Waals surface area contributed by atoms with E-state index in [-0.39, 0.29) is 0 Å². The van der Waals surface area contributed by atoms with E-state index in [0.717, 1.165) is 24.5 Å². The van der Waals surface area contributed by atoms with Crippen molar-refractivity contribution in [1.82, 2.24) is 4.98 Å². The number of hydrogen-bond donors (Lipinski definition) is 2. The zero-order valence-corrected chi connectivity index (χ0v) is 9.58. The molecule has 0 saturated heterocycles. The summed E-state index contributed by atoms with van der Waals surface area (Å²) in [5.41, 5.74) is 1.24. The molecule has 4 heteroatoms. The molecule has 0 radical (unpaired) electrons. The zero-order valence-electron chi connectivity index (χ0n) is 8.76. The Kier molecular flexibility index (Phi) is 2.91. The van der Waals surface area contributed by atoms with Gasteiger partial charge in [-0.15, -0.1) is 0 Å². The molecule has 2 rings (SSSR count). The van der Waals surface area contributed by atoms with Crippen LogP contribution in [0.15, 0.2) is 0 Å². The Balaban J connectivity index is 2.08.